The topological polar surface area (TPSA) is 115 Å². The molecular weight excluding hydrogens is 576 g/mol. The van der Waals surface area contributed by atoms with Gasteiger partial charge >= 0.3 is 11.9 Å². The van der Waals surface area contributed by atoms with Gasteiger partial charge in [-0.05, 0) is 51.4 Å². The van der Waals surface area contributed by atoms with Crippen molar-refractivity contribution in [3.8, 4) is 0 Å². The molecule has 0 aromatic carbocycles. The number of hydrogen-bond donors (Lipinski definition) is 4. The number of hydrogen-bond acceptors (Lipinski definition) is 4. The zero-order chi connectivity index (χ0) is 34.4. The zero-order valence-corrected chi connectivity index (χ0v) is 28.7. The molecule has 2 atom stereocenters. The Morgan fingerprint density at radius 3 is 1.20 bits per heavy atom. The molecule has 0 fully saturated rings. The van der Waals surface area contributed by atoms with Crippen molar-refractivity contribution in [3.05, 3.63) is 97.2 Å². The average Bonchev–Trinajstić information content (AvgIpc) is 3.02. The van der Waals surface area contributed by atoms with Crippen molar-refractivity contribution in [3.63, 3.8) is 0 Å². The number of carbonyl (C=O) groups is 2. The minimum Gasteiger partial charge on any atom is -0.478 e. The molecule has 2 unspecified atom stereocenters. The average molecular weight is 641 g/mol. The quantitative estimate of drug-likeness (QED) is 0.0384. The number of carboxylic acids is 2. The summed E-state index contributed by atoms with van der Waals surface area (Å²) in [6, 6.07) is 0. The van der Waals surface area contributed by atoms with Crippen LogP contribution >= 0.6 is 0 Å². The van der Waals surface area contributed by atoms with E-state index in [-0.39, 0.29) is 12.2 Å². The van der Waals surface area contributed by atoms with Crippen molar-refractivity contribution >= 4 is 11.9 Å². The van der Waals surface area contributed by atoms with Gasteiger partial charge in [0.1, 0.15) is 0 Å². The van der Waals surface area contributed by atoms with Crippen molar-refractivity contribution < 1.29 is 30.0 Å². The van der Waals surface area contributed by atoms with E-state index in [1.165, 1.54) is 63.5 Å². The van der Waals surface area contributed by atoms with Gasteiger partial charge in [0.05, 0.1) is 12.2 Å². The summed E-state index contributed by atoms with van der Waals surface area (Å²) in [4.78, 5) is 20.4. The lowest BCUT2D eigenvalue weighted by molar-refractivity contribution is -0.132. The van der Waals surface area contributed by atoms with Crippen LogP contribution in [-0.4, -0.2) is 44.6 Å². The summed E-state index contributed by atoms with van der Waals surface area (Å²) in [6.07, 6.45) is 47.7. The van der Waals surface area contributed by atoms with Gasteiger partial charge in [-0.1, -0.05) is 163 Å². The van der Waals surface area contributed by atoms with Crippen LogP contribution in [0.3, 0.4) is 0 Å². The molecule has 0 spiro atoms. The van der Waals surface area contributed by atoms with Crippen LogP contribution in [0.25, 0.3) is 0 Å². The first kappa shape index (κ1) is 44.9. The molecule has 0 bridgehead atoms. The van der Waals surface area contributed by atoms with Gasteiger partial charge in [0.15, 0.2) is 0 Å². The van der Waals surface area contributed by atoms with Gasteiger partial charge in [-0.15, -0.1) is 0 Å². The molecule has 0 saturated carbocycles. The fourth-order valence-electron chi connectivity index (χ4n) is 4.33. The number of aliphatic hydroxyl groups is 2. The lowest BCUT2D eigenvalue weighted by Gasteiger charge is -2.09. The van der Waals surface area contributed by atoms with Gasteiger partial charge in [0.2, 0.25) is 0 Å². The molecule has 6 nitrogen and oxygen atoms in total. The number of allylic oxidation sites excluding steroid dienone is 14. The maximum Gasteiger partial charge on any atom is 0.328 e. The Morgan fingerprint density at radius 2 is 0.761 bits per heavy atom. The second-order valence-corrected chi connectivity index (χ2v) is 11.4. The highest BCUT2D eigenvalue weighted by atomic mass is 16.4. The van der Waals surface area contributed by atoms with Crippen LogP contribution < -0.4 is 0 Å². The molecule has 6 heteroatoms. The zero-order valence-electron chi connectivity index (χ0n) is 28.7. The molecule has 0 aliphatic carbocycles. The normalized spacial score (nSPS) is 13.8. The fourth-order valence-corrected chi connectivity index (χ4v) is 4.33. The predicted octanol–water partition coefficient (Wildman–Crippen LogP) is 10.4. The van der Waals surface area contributed by atoms with Gasteiger partial charge < -0.3 is 20.4 Å². The number of aliphatic hydroxyl groups excluding tert-OH is 2. The summed E-state index contributed by atoms with van der Waals surface area (Å²) >= 11 is 0. The Labute approximate surface area is 280 Å². The Morgan fingerprint density at radius 1 is 0.435 bits per heavy atom. The third kappa shape index (κ3) is 42.9. The summed E-state index contributed by atoms with van der Waals surface area (Å²) in [5, 5.41) is 36.4. The second-order valence-electron chi connectivity index (χ2n) is 11.4. The van der Waals surface area contributed by atoms with Crippen LogP contribution in [0, 0.1) is 0 Å². The molecule has 4 N–H and O–H groups in total. The monoisotopic (exact) mass is 640 g/mol. The van der Waals surface area contributed by atoms with Crippen molar-refractivity contribution in [2.24, 2.45) is 0 Å². The maximum absolute atomic E-state index is 10.2. The third-order valence-corrected chi connectivity index (χ3v) is 6.96. The molecule has 46 heavy (non-hydrogen) atoms. The highest BCUT2D eigenvalue weighted by Crippen LogP contribution is 2.13. The Kier molecular flexibility index (Phi) is 37.1. The van der Waals surface area contributed by atoms with Gasteiger partial charge in [-0.3, -0.25) is 0 Å². The molecule has 0 heterocycles. The Bertz CT molecular complexity index is 935. The molecule has 0 aliphatic heterocycles. The summed E-state index contributed by atoms with van der Waals surface area (Å²) in [5.41, 5.74) is 0. The smallest absolute Gasteiger partial charge is 0.328 e. The number of aliphatic carboxylic acids is 2. The fraction of sp³-hybridized carbons (Fsp3) is 0.550. The minimum absolute atomic E-state index is 0.0913. The summed E-state index contributed by atoms with van der Waals surface area (Å²) < 4.78 is 0. The summed E-state index contributed by atoms with van der Waals surface area (Å²) in [6.45, 7) is 4.36. The van der Waals surface area contributed by atoms with Crippen molar-refractivity contribution in [1.82, 2.24) is 0 Å². The second kappa shape index (κ2) is 38.0. The van der Waals surface area contributed by atoms with Gasteiger partial charge in [-0.25, -0.2) is 9.59 Å². The first-order valence-corrected chi connectivity index (χ1v) is 17.5. The van der Waals surface area contributed by atoms with E-state index >= 15 is 0 Å². The summed E-state index contributed by atoms with van der Waals surface area (Å²) in [5.74, 6) is -1.87. The molecule has 0 aliphatic rings. The molecule has 260 valence electrons. The highest BCUT2D eigenvalue weighted by molar-refractivity contribution is 5.80. The lowest BCUT2D eigenvalue weighted by atomic mass is 10.0. The van der Waals surface area contributed by atoms with E-state index in [9.17, 15) is 19.8 Å². The Hall–Kier alpha value is -3.22. The van der Waals surface area contributed by atoms with Crippen LogP contribution in [0.5, 0.6) is 0 Å². The van der Waals surface area contributed by atoms with E-state index in [2.05, 4.69) is 26.0 Å². The molecule has 0 saturated heterocycles. The molecule has 0 aromatic heterocycles. The first-order valence-electron chi connectivity index (χ1n) is 17.5. The van der Waals surface area contributed by atoms with E-state index in [0.29, 0.717) is 0 Å². The minimum atomic E-state index is -0.947. The van der Waals surface area contributed by atoms with Gasteiger partial charge in [0, 0.05) is 12.2 Å². The first-order chi connectivity index (χ1) is 22.3. The van der Waals surface area contributed by atoms with Crippen LogP contribution in [0.1, 0.15) is 129 Å². The summed E-state index contributed by atoms with van der Waals surface area (Å²) in [7, 11) is 0. The molecule has 0 rings (SSSR count). The molecule has 0 amide bonds. The van der Waals surface area contributed by atoms with Crippen LogP contribution in [0.2, 0.25) is 0 Å². The number of rotatable bonds is 28. The molecule has 0 radical (unpaired) electrons. The van der Waals surface area contributed by atoms with E-state index < -0.39 is 11.9 Å². The maximum atomic E-state index is 10.2. The number of carboxylic acid groups (broad SMARTS) is 2. The van der Waals surface area contributed by atoms with E-state index in [0.717, 1.165) is 76.4 Å². The lowest BCUT2D eigenvalue weighted by Crippen LogP contribution is -2.05. The van der Waals surface area contributed by atoms with Crippen molar-refractivity contribution in [1.29, 1.82) is 0 Å². The number of unbranched alkanes of at least 4 members (excludes halogenated alkanes) is 10. The largest absolute Gasteiger partial charge is 0.478 e. The van der Waals surface area contributed by atoms with Crippen LogP contribution in [-0.2, 0) is 9.59 Å². The standard InChI is InChI=1S/C20H34O3.C20H30O3/c2*1-2-3-13-16-19(21)17-14-11-9-7-5-4-6-8-10-12-15-18-20(22)23/h6,8,10,12,15,18-19,21H,2-5,7,9,11,13-14,16-17H2,1H3,(H,22,23);4-10,12,15,18-19,21H,2-3,11,13-14,16-17H2,1H3,(H,22,23). The van der Waals surface area contributed by atoms with Crippen LogP contribution in [0.4, 0.5) is 0 Å². The van der Waals surface area contributed by atoms with Crippen molar-refractivity contribution in [2.75, 3.05) is 0 Å². The van der Waals surface area contributed by atoms with Gasteiger partial charge in [0.25, 0.3) is 0 Å². The molecule has 0 aromatic rings. The molecular formula is C40H64O6. The third-order valence-electron chi connectivity index (χ3n) is 6.96. The predicted molar refractivity (Wildman–Crippen MR) is 195 cm³/mol. The van der Waals surface area contributed by atoms with E-state index in [1.54, 1.807) is 18.2 Å². The van der Waals surface area contributed by atoms with Crippen molar-refractivity contribution in [2.45, 2.75) is 142 Å². The van der Waals surface area contributed by atoms with E-state index in [1.807, 2.05) is 42.5 Å². The van der Waals surface area contributed by atoms with Crippen LogP contribution in [0.15, 0.2) is 97.2 Å². The highest BCUT2D eigenvalue weighted by Gasteiger charge is 2.03. The Balaban J connectivity index is 0. The van der Waals surface area contributed by atoms with Gasteiger partial charge in [-0.2, -0.15) is 0 Å². The van der Waals surface area contributed by atoms with E-state index in [4.69, 9.17) is 10.2 Å². The SMILES string of the molecule is CCCCCC(O)CCCC=CC=CC=CC=CC=CC(=O)O.CCCCCC(O)CCCCCCCC=CC=CC=CC(=O)O.